The molecule has 0 radical (unpaired) electrons. The Morgan fingerprint density at radius 3 is 2.59 bits per heavy atom. The highest BCUT2D eigenvalue weighted by molar-refractivity contribution is 6.30. The number of H-pyrrole nitrogens is 1. The first-order chi connectivity index (χ1) is 14.0. The standard InChI is InChI=1S/C22H22ClN3O3/c1-4-15(12-24-3)13-28-18-9-10-19(20(27)11-18)21-22(14(2)25-26-21)29-17-7-5-16(23)6-8-17/h4-12,27H,13H2,1-3H3,(H,25,26)/b15-4+,24-12?. The molecule has 2 N–H and O–H groups in total. The van der Waals surface area contributed by atoms with Gasteiger partial charge in [-0.25, -0.2) is 0 Å². The van der Waals surface area contributed by atoms with Crippen molar-refractivity contribution in [2.24, 2.45) is 4.99 Å². The zero-order valence-electron chi connectivity index (χ0n) is 16.4. The molecule has 0 spiro atoms. The highest BCUT2D eigenvalue weighted by atomic mass is 35.5. The Hall–Kier alpha value is -3.25. The van der Waals surface area contributed by atoms with Gasteiger partial charge in [-0.15, -0.1) is 0 Å². The number of aliphatic imine (C=N–C) groups is 1. The van der Waals surface area contributed by atoms with E-state index in [1.807, 2.05) is 19.9 Å². The summed E-state index contributed by atoms with van der Waals surface area (Å²) in [6.07, 6.45) is 3.66. The first-order valence-electron chi connectivity index (χ1n) is 9.03. The van der Waals surface area contributed by atoms with Crippen molar-refractivity contribution in [2.45, 2.75) is 13.8 Å². The van der Waals surface area contributed by atoms with Crippen LogP contribution in [0, 0.1) is 6.92 Å². The van der Waals surface area contributed by atoms with Crippen LogP contribution in [0.4, 0.5) is 0 Å². The Balaban J connectivity index is 1.83. The molecule has 2 aromatic carbocycles. The minimum absolute atomic E-state index is 0.0427. The number of ether oxygens (including phenoxy) is 2. The van der Waals surface area contributed by atoms with Crippen LogP contribution in [-0.4, -0.2) is 35.2 Å². The summed E-state index contributed by atoms with van der Waals surface area (Å²) in [5.41, 5.74) is 2.73. The Labute approximate surface area is 174 Å². The number of hydrogen-bond donors (Lipinski definition) is 2. The molecule has 0 atom stereocenters. The number of halogens is 1. The number of allylic oxidation sites excluding steroid dienone is 1. The van der Waals surface area contributed by atoms with Crippen molar-refractivity contribution in [3.63, 3.8) is 0 Å². The monoisotopic (exact) mass is 411 g/mol. The van der Waals surface area contributed by atoms with Gasteiger partial charge in [-0.05, 0) is 50.2 Å². The van der Waals surface area contributed by atoms with E-state index < -0.39 is 0 Å². The molecule has 0 bridgehead atoms. The Morgan fingerprint density at radius 1 is 1.21 bits per heavy atom. The molecule has 150 valence electrons. The fourth-order valence-electron chi connectivity index (χ4n) is 2.68. The molecule has 0 aliphatic carbocycles. The van der Waals surface area contributed by atoms with Crippen LogP contribution in [0.15, 0.2) is 59.1 Å². The second-order valence-corrected chi connectivity index (χ2v) is 6.74. The summed E-state index contributed by atoms with van der Waals surface area (Å²) in [5.74, 6) is 1.74. The highest BCUT2D eigenvalue weighted by Gasteiger charge is 2.18. The van der Waals surface area contributed by atoms with Crippen LogP contribution in [0.1, 0.15) is 12.6 Å². The van der Waals surface area contributed by atoms with Gasteiger partial charge in [0.2, 0.25) is 0 Å². The number of hydrogen-bond acceptors (Lipinski definition) is 5. The second-order valence-electron chi connectivity index (χ2n) is 6.30. The highest BCUT2D eigenvalue weighted by Crippen LogP contribution is 2.39. The third-order valence-electron chi connectivity index (χ3n) is 4.22. The minimum Gasteiger partial charge on any atom is -0.507 e. The van der Waals surface area contributed by atoms with Crippen molar-refractivity contribution < 1.29 is 14.6 Å². The fourth-order valence-corrected chi connectivity index (χ4v) is 2.80. The van der Waals surface area contributed by atoms with Crippen LogP contribution in [-0.2, 0) is 0 Å². The molecular weight excluding hydrogens is 390 g/mol. The van der Waals surface area contributed by atoms with Gasteiger partial charge in [0, 0.05) is 35.5 Å². The number of nitrogens with zero attached hydrogens (tertiary/aromatic N) is 2. The number of aromatic hydroxyl groups is 1. The summed E-state index contributed by atoms with van der Waals surface area (Å²) in [5, 5.41) is 18.4. The summed E-state index contributed by atoms with van der Waals surface area (Å²) < 4.78 is 11.7. The lowest BCUT2D eigenvalue weighted by molar-refractivity contribution is 0.355. The molecule has 0 fully saturated rings. The lowest BCUT2D eigenvalue weighted by Crippen LogP contribution is -2.02. The molecule has 1 heterocycles. The Morgan fingerprint density at radius 2 is 1.93 bits per heavy atom. The van der Waals surface area contributed by atoms with E-state index in [0.29, 0.717) is 40.1 Å². The molecule has 0 saturated heterocycles. The van der Waals surface area contributed by atoms with Crippen molar-refractivity contribution in [3.8, 4) is 34.3 Å². The van der Waals surface area contributed by atoms with Crippen molar-refractivity contribution in [2.75, 3.05) is 13.7 Å². The van der Waals surface area contributed by atoms with E-state index in [2.05, 4.69) is 15.2 Å². The van der Waals surface area contributed by atoms with E-state index in [0.717, 1.165) is 11.3 Å². The molecule has 3 rings (SSSR count). The predicted octanol–water partition coefficient (Wildman–Crippen LogP) is 5.56. The maximum absolute atomic E-state index is 10.6. The molecule has 0 unspecified atom stereocenters. The molecule has 29 heavy (non-hydrogen) atoms. The topological polar surface area (TPSA) is 79.7 Å². The van der Waals surface area contributed by atoms with Gasteiger partial charge >= 0.3 is 0 Å². The smallest absolute Gasteiger partial charge is 0.176 e. The second kappa shape index (κ2) is 9.30. The third-order valence-corrected chi connectivity index (χ3v) is 4.47. The van der Waals surface area contributed by atoms with Gasteiger partial charge in [0.15, 0.2) is 5.75 Å². The summed E-state index contributed by atoms with van der Waals surface area (Å²) >= 11 is 5.93. The average molecular weight is 412 g/mol. The van der Waals surface area contributed by atoms with E-state index in [4.69, 9.17) is 21.1 Å². The lowest BCUT2D eigenvalue weighted by atomic mass is 10.1. The largest absolute Gasteiger partial charge is 0.507 e. The lowest BCUT2D eigenvalue weighted by Gasteiger charge is -2.11. The third kappa shape index (κ3) is 4.97. The predicted molar refractivity (Wildman–Crippen MR) is 116 cm³/mol. The van der Waals surface area contributed by atoms with E-state index in [1.54, 1.807) is 55.7 Å². The number of aryl methyl sites for hydroxylation is 1. The van der Waals surface area contributed by atoms with Crippen molar-refractivity contribution in [1.29, 1.82) is 0 Å². The molecular formula is C22H22ClN3O3. The molecule has 0 saturated carbocycles. The van der Waals surface area contributed by atoms with Gasteiger partial charge in [0.25, 0.3) is 0 Å². The zero-order valence-corrected chi connectivity index (χ0v) is 17.2. The van der Waals surface area contributed by atoms with Crippen molar-refractivity contribution in [3.05, 3.63) is 64.8 Å². The summed E-state index contributed by atoms with van der Waals surface area (Å²) in [6, 6.07) is 12.1. The first kappa shape index (κ1) is 20.5. The number of benzene rings is 2. The quantitative estimate of drug-likeness (QED) is 0.498. The van der Waals surface area contributed by atoms with Crippen molar-refractivity contribution in [1.82, 2.24) is 10.2 Å². The molecule has 7 heteroatoms. The maximum Gasteiger partial charge on any atom is 0.176 e. The molecule has 3 aromatic rings. The normalized spacial score (nSPS) is 11.8. The van der Waals surface area contributed by atoms with Crippen LogP contribution in [0.2, 0.25) is 5.02 Å². The number of rotatable bonds is 7. The number of phenolic OH excluding ortho intramolecular Hbond substituents is 1. The van der Waals surface area contributed by atoms with Crippen LogP contribution in [0.25, 0.3) is 11.3 Å². The van der Waals surface area contributed by atoms with Gasteiger partial charge < -0.3 is 14.6 Å². The van der Waals surface area contributed by atoms with E-state index in [-0.39, 0.29) is 5.75 Å². The van der Waals surface area contributed by atoms with E-state index in [9.17, 15) is 5.11 Å². The van der Waals surface area contributed by atoms with Gasteiger partial charge in [-0.2, -0.15) is 5.10 Å². The first-order valence-corrected chi connectivity index (χ1v) is 9.41. The van der Waals surface area contributed by atoms with Gasteiger partial charge in [0.1, 0.15) is 29.5 Å². The number of aromatic nitrogens is 2. The minimum atomic E-state index is 0.0427. The molecule has 1 aromatic heterocycles. The van der Waals surface area contributed by atoms with Crippen LogP contribution < -0.4 is 9.47 Å². The fraction of sp³-hybridized carbons (Fsp3) is 0.182. The van der Waals surface area contributed by atoms with E-state index in [1.165, 1.54) is 0 Å². The summed E-state index contributed by atoms with van der Waals surface area (Å²) in [7, 11) is 1.71. The zero-order chi connectivity index (χ0) is 20.8. The Bertz CT molecular complexity index is 1040. The maximum atomic E-state index is 10.6. The van der Waals surface area contributed by atoms with Crippen molar-refractivity contribution >= 4 is 17.8 Å². The molecule has 0 aliphatic rings. The van der Waals surface area contributed by atoms with Crippen LogP contribution in [0.5, 0.6) is 23.0 Å². The van der Waals surface area contributed by atoms with Crippen LogP contribution in [0.3, 0.4) is 0 Å². The molecule has 0 amide bonds. The van der Waals surface area contributed by atoms with Crippen LogP contribution >= 0.6 is 11.6 Å². The van der Waals surface area contributed by atoms with E-state index >= 15 is 0 Å². The van der Waals surface area contributed by atoms with Gasteiger partial charge in [-0.1, -0.05) is 17.7 Å². The molecule has 0 aliphatic heterocycles. The van der Waals surface area contributed by atoms with Gasteiger partial charge in [-0.3, -0.25) is 10.1 Å². The summed E-state index contributed by atoms with van der Waals surface area (Å²) in [4.78, 5) is 3.99. The Kier molecular flexibility index (Phi) is 6.57. The van der Waals surface area contributed by atoms with Gasteiger partial charge in [0.05, 0.1) is 5.69 Å². The molecule has 6 nitrogen and oxygen atoms in total. The number of nitrogens with one attached hydrogen (secondary N) is 1. The average Bonchev–Trinajstić information content (AvgIpc) is 3.07. The summed E-state index contributed by atoms with van der Waals surface area (Å²) in [6.45, 7) is 4.13. The number of phenols is 1. The SMILES string of the molecule is C/C=C(\C=NC)COc1ccc(-c2n[nH]c(C)c2Oc2ccc(Cl)cc2)c(O)c1. The number of aromatic amines is 1.